The third kappa shape index (κ3) is 2.76. The van der Waals surface area contributed by atoms with E-state index in [1.54, 1.807) is 0 Å². The van der Waals surface area contributed by atoms with E-state index >= 15 is 0 Å². The highest BCUT2D eigenvalue weighted by molar-refractivity contribution is 7.11. The summed E-state index contributed by atoms with van der Waals surface area (Å²) in [7, 11) is 0. The third-order valence-corrected chi connectivity index (χ3v) is 5.73. The summed E-state index contributed by atoms with van der Waals surface area (Å²) >= 11 is 1.51. The van der Waals surface area contributed by atoms with Crippen molar-refractivity contribution in [3.8, 4) is 0 Å². The molecule has 0 fully saturated rings. The van der Waals surface area contributed by atoms with Crippen molar-refractivity contribution in [2.75, 3.05) is 18.0 Å². The fourth-order valence-corrected chi connectivity index (χ4v) is 4.52. The number of imide groups is 1. The topological polar surface area (TPSA) is 40.6 Å². The number of para-hydroxylation sites is 1. The molecule has 4 rings (SSSR count). The number of hydrogen-bond donors (Lipinski definition) is 0. The predicted molar refractivity (Wildman–Crippen MR) is 105 cm³/mol. The van der Waals surface area contributed by atoms with Gasteiger partial charge in [-0.2, -0.15) is 0 Å². The second-order valence-electron chi connectivity index (χ2n) is 7.20. The molecule has 2 aromatic rings. The molecule has 2 aliphatic rings. The van der Waals surface area contributed by atoms with Crippen molar-refractivity contribution >= 4 is 34.4 Å². The van der Waals surface area contributed by atoms with E-state index in [-0.39, 0.29) is 17.7 Å². The SMILES string of the molecule is CC(C)CN1C(=O)C(c2cccs2)=C(N2CCCc3ccccc32)C1=O. The molecule has 1 aromatic heterocycles. The monoisotopic (exact) mass is 366 g/mol. The van der Waals surface area contributed by atoms with Crippen molar-refractivity contribution in [2.24, 2.45) is 5.92 Å². The Balaban J connectivity index is 1.86. The van der Waals surface area contributed by atoms with E-state index in [0.717, 1.165) is 30.0 Å². The minimum atomic E-state index is -0.163. The van der Waals surface area contributed by atoms with Crippen LogP contribution in [0.1, 0.15) is 30.7 Å². The van der Waals surface area contributed by atoms with Crippen LogP contribution in [0.3, 0.4) is 0 Å². The number of rotatable bonds is 4. The van der Waals surface area contributed by atoms with Crippen LogP contribution in [0.15, 0.2) is 47.5 Å². The molecule has 0 spiro atoms. The molecule has 134 valence electrons. The molecule has 0 aliphatic carbocycles. The summed E-state index contributed by atoms with van der Waals surface area (Å²) in [6.07, 6.45) is 1.98. The minimum Gasteiger partial charge on any atom is -0.336 e. The van der Waals surface area contributed by atoms with Crippen molar-refractivity contribution in [1.82, 2.24) is 4.90 Å². The van der Waals surface area contributed by atoms with E-state index in [2.05, 4.69) is 17.0 Å². The number of thiophene rings is 1. The van der Waals surface area contributed by atoms with E-state index in [1.807, 2.05) is 43.5 Å². The number of carbonyl (C=O) groups excluding carboxylic acids is 2. The van der Waals surface area contributed by atoms with E-state index in [1.165, 1.54) is 21.8 Å². The highest BCUT2D eigenvalue weighted by atomic mass is 32.1. The molecule has 0 N–H and O–H groups in total. The van der Waals surface area contributed by atoms with Crippen LogP contribution < -0.4 is 4.90 Å². The number of amides is 2. The van der Waals surface area contributed by atoms with Crippen molar-refractivity contribution in [1.29, 1.82) is 0 Å². The molecule has 0 saturated heterocycles. The van der Waals surface area contributed by atoms with Crippen LogP contribution in [0.4, 0.5) is 5.69 Å². The lowest BCUT2D eigenvalue weighted by Crippen LogP contribution is -2.38. The molecule has 1 aromatic carbocycles. The lowest BCUT2D eigenvalue weighted by Gasteiger charge is -2.32. The van der Waals surface area contributed by atoms with E-state index < -0.39 is 0 Å². The summed E-state index contributed by atoms with van der Waals surface area (Å²) in [4.78, 5) is 30.8. The maximum absolute atomic E-state index is 13.3. The van der Waals surface area contributed by atoms with Crippen LogP contribution in [-0.4, -0.2) is 29.8 Å². The molecule has 26 heavy (non-hydrogen) atoms. The largest absolute Gasteiger partial charge is 0.336 e. The first-order chi connectivity index (χ1) is 12.6. The van der Waals surface area contributed by atoms with Crippen LogP contribution in [0, 0.1) is 5.92 Å². The lowest BCUT2D eigenvalue weighted by molar-refractivity contribution is -0.137. The number of nitrogens with zero attached hydrogens (tertiary/aromatic N) is 2. The average molecular weight is 366 g/mol. The molecule has 2 amide bonds. The van der Waals surface area contributed by atoms with Crippen LogP contribution in [0.2, 0.25) is 0 Å². The van der Waals surface area contributed by atoms with Gasteiger partial charge in [-0.15, -0.1) is 11.3 Å². The fourth-order valence-electron chi connectivity index (χ4n) is 3.75. The first-order valence-electron chi connectivity index (χ1n) is 9.07. The zero-order valence-electron chi connectivity index (χ0n) is 15.1. The summed E-state index contributed by atoms with van der Waals surface area (Å²) in [5.41, 5.74) is 3.39. The van der Waals surface area contributed by atoms with Gasteiger partial charge in [0.2, 0.25) is 0 Å². The van der Waals surface area contributed by atoms with E-state index in [0.29, 0.717) is 17.8 Å². The Labute approximate surface area is 157 Å². The molecule has 4 nitrogen and oxygen atoms in total. The Morgan fingerprint density at radius 1 is 1.08 bits per heavy atom. The maximum Gasteiger partial charge on any atom is 0.278 e. The highest BCUT2D eigenvalue weighted by Crippen LogP contribution is 2.39. The van der Waals surface area contributed by atoms with Crippen LogP contribution in [0.25, 0.3) is 5.57 Å². The van der Waals surface area contributed by atoms with Gasteiger partial charge < -0.3 is 4.90 Å². The van der Waals surface area contributed by atoms with Crippen LogP contribution >= 0.6 is 11.3 Å². The quantitative estimate of drug-likeness (QED) is 0.770. The molecular weight excluding hydrogens is 344 g/mol. The van der Waals surface area contributed by atoms with Crippen molar-refractivity contribution in [3.05, 3.63) is 57.9 Å². The number of anilines is 1. The Morgan fingerprint density at radius 2 is 1.88 bits per heavy atom. The van der Waals surface area contributed by atoms with Crippen LogP contribution in [0.5, 0.6) is 0 Å². The standard InChI is InChI=1S/C21H22N2O2S/c1-14(2)13-23-20(24)18(17-10-6-12-26-17)19(21(23)25)22-11-5-8-15-7-3-4-9-16(15)22/h3-4,6-7,9-10,12,14H,5,8,11,13H2,1-2H3. The second kappa shape index (κ2) is 6.72. The maximum atomic E-state index is 13.3. The van der Waals surface area contributed by atoms with Gasteiger partial charge >= 0.3 is 0 Å². The first-order valence-corrected chi connectivity index (χ1v) is 9.95. The van der Waals surface area contributed by atoms with Gasteiger partial charge in [0, 0.05) is 23.7 Å². The Morgan fingerprint density at radius 3 is 2.62 bits per heavy atom. The van der Waals surface area contributed by atoms with E-state index in [9.17, 15) is 9.59 Å². The summed E-state index contributed by atoms with van der Waals surface area (Å²) in [5, 5.41) is 1.95. The van der Waals surface area contributed by atoms with Crippen molar-refractivity contribution < 1.29 is 9.59 Å². The van der Waals surface area contributed by atoms with Gasteiger partial charge in [-0.3, -0.25) is 14.5 Å². The predicted octanol–water partition coefficient (Wildman–Crippen LogP) is 3.94. The number of aryl methyl sites for hydroxylation is 1. The molecule has 0 unspecified atom stereocenters. The molecule has 5 heteroatoms. The van der Waals surface area contributed by atoms with Gasteiger partial charge in [-0.05, 0) is 41.8 Å². The fraction of sp³-hybridized carbons (Fsp3) is 0.333. The van der Waals surface area contributed by atoms with Gasteiger partial charge in [0.05, 0.1) is 5.57 Å². The Hall–Kier alpha value is -2.40. The zero-order chi connectivity index (χ0) is 18.3. The molecule has 0 saturated carbocycles. The van der Waals surface area contributed by atoms with Gasteiger partial charge in [-0.25, -0.2) is 0 Å². The van der Waals surface area contributed by atoms with Crippen molar-refractivity contribution in [3.63, 3.8) is 0 Å². The Bertz CT molecular complexity index is 883. The summed E-state index contributed by atoms with van der Waals surface area (Å²) in [6.45, 7) is 5.26. The smallest absolute Gasteiger partial charge is 0.278 e. The molecule has 0 atom stereocenters. The van der Waals surface area contributed by atoms with Crippen molar-refractivity contribution in [2.45, 2.75) is 26.7 Å². The number of carbonyl (C=O) groups is 2. The summed E-state index contributed by atoms with van der Waals surface area (Å²) in [6, 6.07) is 12.0. The highest BCUT2D eigenvalue weighted by Gasteiger charge is 2.43. The zero-order valence-corrected chi connectivity index (χ0v) is 15.9. The normalized spacial score (nSPS) is 17.5. The molecule has 0 bridgehead atoms. The lowest BCUT2D eigenvalue weighted by atomic mass is 10.00. The van der Waals surface area contributed by atoms with Gasteiger partial charge in [0.1, 0.15) is 5.70 Å². The Kier molecular flexibility index (Phi) is 4.41. The second-order valence-corrected chi connectivity index (χ2v) is 8.15. The molecule has 0 radical (unpaired) electrons. The average Bonchev–Trinajstić information content (AvgIpc) is 3.23. The number of fused-ring (bicyclic) bond motifs is 1. The molecular formula is C21H22N2O2S. The first kappa shape index (κ1) is 17.0. The molecule has 3 heterocycles. The number of hydrogen-bond acceptors (Lipinski definition) is 4. The summed E-state index contributed by atoms with van der Waals surface area (Å²) in [5.74, 6) is -0.0894. The summed E-state index contributed by atoms with van der Waals surface area (Å²) < 4.78 is 0. The van der Waals surface area contributed by atoms with Gasteiger partial charge in [0.15, 0.2) is 0 Å². The van der Waals surface area contributed by atoms with Crippen LogP contribution in [-0.2, 0) is 16.0 Å². The van der Waals surface area contributed by atoms with Gasteiger partial charge in [0.25, 0.3) is 11.8 Å². The minimum absolute atomic E-state index is 0.163. The van der Waals surface area contributed by atoms with E-state index in [4.69, 9.17) is 0 Å². The van der Waals surface area contributed by atoms with Gasteiger partial charge in [-0.1, -0.05) is 38.1 Å². The molecule has 2 aliphatic heterocycles. The third-order valence-electron chi connectivity index (χ3n) is 4.84. The number of benzene rings is 1.